The maximum atomic E-state index is 10.7. The van der Waals surface area contributed by atoms with Crippen LogP contribution in [-0.4, -0.2) is 27.6 Å². The van der Waals surface area contributed by atoms with Crippen molar-refractivity contribution in [2.24, 2.45) is 0 Å². The van der Waals surface area contributed by atoms with Gasteiger partial charge < -0.3 is 10.0 Å². The van der Waals surface area contributed by atoms with Crippen LogP contribution in [0, 0.1) is 6.92 Å². The Morgan fingerprint density at radius 3 is 2.41 bits per heavy atom. The lowest BCUT2D eigenvalue weighted by molar-refractivity contribution is -0.137. The topological polar surface area (TPSA) is 66.3 Å². The molecule has 0 aliphatic rings. The molecule has 0 saturated heterocycles. The van der Waals surface area contributed by atoms with Gasteiger partial charge in [0.1, 0.15) is 11.6 Å². The highest BCUT2D eigenvalue weighted by molar-refractivity contribution is 5.71. The summed E-state index contributed by atoms with van der Waals surface area (Å²) in [4.78, 5) is 21.9. The number of unbranched alkanes of at least 4 members (excludes halogenated alkanes) is 3. The zero-order valence-electron chi connectivity index (χ0n) is 16.8. The van der Waals surface area contributed by atoms with Crippen molar-refractivity contribution in [3.05, 3.63) is 72.6 Å². The number of aromatic nitrogens is 2. The molecule has 1 N–H and O–H groups in total. The molecule has 0 radical (unpaired) electrons. The van der Waals surface area contributed by atoms with E-state index >= 15 is 0 Å². The van der Waals surface area contributed by atoms with Crippen molar-refractivity contribution in [3.8, 4) is 11.1 Å². The molecule has 0 aliphatic carbocycles. The summed E-state index contributed by atoms with van der Waals surface area (Å²) in [6.07, 6.45) is 7.45. The van der Waals surface area contributed by atoms with Gasteiger partial charge in [0.25, 0.3) is 0 Å². The van der Waals surface area contributed by atoms with E-state index in [1.54, 1.807) is 6.20 Å². The fraction of sp³-hybridized carbons (Fsp3) is 0.292. The van der Waals surface area contributed by atoms with Crippen molar-refractivity contribution in [2.75, 3.05) is 11.4 Å². The van der Waals surface area contributed by atoms with Crippen LogP contribution in [0.25, 0.3) is 11.1 Å². The van der Waals surface area contributed by atoms with Crippen molar-refractivity contribution in [1.82, 2.24) is 9.97 Å². The number of carboxylic acid groups (broad SMARTS) is 1. The maximum Gasteiger partial charge on any atom is 0.303 e. The third-order valence-electron chi connectivity index (χ3n) is 4.93. The fourth-order valence-electron chi connectivity index (χ4n) is 3.39. The average molecular weight is 389 g/mol. The van der Waals surface area contributed by atoms with Crippen LogP contribution < -0.4 is 4.90 Å². The molecule has 0 aliphatic heterocycles. The molecule has 0 atom stereocenters. The second kappa shape index (κ2) is 10.4. The van der Waals surface area contributed by atoms with Crippen molar-refractivity contribution >= 4 is 17.6 Å². The van der Waals surface area contributed by atoms with Crippen LogP contribution in [0.3, 0.4) is 0 Å². The van der Waals surface area contributed by atoms with Crippen molar-refractivity contribution < 1.29 is 9.90 Å². The van der Waals surface area contributed by atoms with Gasteiger partial charge in [-0.3, -0.25) is 4.79 Å². The third kappa shape index (κ3) is 5.88. The number of aliphatic carboxylic acids is 1. The predicted molar refractivity (Wildman–Crippen MR) is 116 cm³/mol. The van der Waals surface area contributed by atoms with E-state index in [0.717, 1.165) is 49.4 Å². The van der Waals surface area contributed by atoms with Gasteiger partial charge in [0.15, 0.2) is 0 Å². The van der Waals surface area contributed by atoms with E-state index in [0.29, 0.717) is 0 Å². The number of rotatable bonds is 10. The summed E-state index contributed by atoms with van der Waals surface area (Å²) in [5.41, 5.74) is 3.56. The van der Waals surface area contributed by atoms with Gasteiger partial charge in [0, 0.05) is 25.4 Å². The largest absolute Gasteiger partial charge is 0.481 e. The number of carbonyl (C=O) groups is 1. The van der Waals surface area contributed by atoms with E-state index in [-0.39, 0.29) is 6.42 Å². The first-order valence-electron chi connectivity index (χ1n) is 10.1. The first kappa shape index (κ1) is 20.5. The highest BCUT2D eigenvalue weighted by Gasteiger charge is 2.13. The second-order valence-corrected chi connectivity index (χ2v) is 7.12. The number of hydrogen-bond acceptors (Lipinski definition) is 4. The van der Waals surface area contributed by atoms with Gasteiger partial charge in [0.2, 0.25) is 0 Å². The van der Waals surface area contributed by atoms with Crippen LogP contribution in [0.15, 0.2) is 67.0 Å². The Morgan fingerprint density at radius 2 is 1.66 bits per heavy atom. The maximum absolute atomic E-state index is 10.7. The SMILES string of the molecule is Cc1ccccc1-c1ccnc(N(CCCCCCC(=O)O)c2ccccn2)c1. The molecule has 0 amide bonds. The molecule has 0 spiro atoms. The monoisotopic (exact) mass is 389 g/mol. The summed E-state index contributed by atoms with van der Waals surface area (Å²) in [7, 11) is 0. The van der Waals surface area contributed by atoms with Crippen LogP contribution in [0.4, 0.5) is 11.6 Å². The molecule has 5 heteroatoms. The molecule has 1 aromatic carbocycles. The Morgan fingerprint density at radius 1 is 0.897 bits per heavy atom. The number of anilines is 2. The molecule has 0 bridgehead atoms. The predicted octanol–water partition coefficient (Wildman–Crippen LogP) is 5.63. The summed E-state index contributed by atoms with van der Waals surface area (Å²) in [5, 5.41) is 8.77. The van der Waals surface area contributed by atoms with E-state index < -0.39 is 5.97 Å². The smallest absolute Gasteiger partial charge is 0.303 e. The van der Waals surface area contributed by atoms with Gasteiger partial charge in [-0.05, 0) is 60.7 Å². The molecule has 29 heavy (non-hydrogen) atoms. The van der Waals surface area contributed by atoms with Gasteiger partial charge in [-0.15, -0.1) is 0 Å². The molecule has 0 saturated carbocycles. The summed E-state index contributed by atoms with van der Waals surface area (Å²) < 4.78 is 0. The molecule has 2 heterocycles. The van der Waals surface area contributed by atoms with Crippen LogP contribution in [0.5, 0.6) is 0 Å². The number of nitrogens with zero attached hydrogens (tertiary/aromatic N) is 3. The van der Waals surface area contributed by atoms with Crippen molar-refractivity contribution in [3.63, 3.8) is 0 Å². The Bertz CT molecular complexity index is 928. The Kier molecular flexibility index (Phi) is 7.34. The number of hydrogen-bond donors (Lipinski definition) is 1. The van der Waals surface area contributed by atoms with Gasteiger partial charge >= 0.3 is 5.97 Å². The van der Waals surface area contributed by atoms with E-state index in [2.05, 4.69) is 46.1 Å². The standard InChI is InChI=1S/C24H27N3O2/c1-19-10-5-6-11-21(19)20-14-16-26-23(18-20)27(22-12-7-8-15-25-22)17-9-3-2-4-13-24(28)29/h5-8,10-12,14-16,18H,2-4,9,13,17H2,1H3,(H,28,29). The minimum absolute atomic E-state index is 0.240. The molecule has 2 aromatic heterocycles. The molecule has 5 nitrogen and oxygen atoms in total. The highest BCUT2D eigenvalue weighted by Crippen LogP contribution is 2.28. The highest BCUT2D eigenvalue weighted by atomic mass is 16.4. The van der Waals surface area contributed by atoms with E-state index in [4.69, 9.17) is 5.11 Å². The number of carboxylic acids is 1. The molecule has 3 rings (SSSR count). The Balaban J connectivity index is 1.77. The van der Waals surface area contributed by atoms with Gasteiger partial charge in [-0.25, -0.2) is 9.97 Å². The van der Waals surface area contributed by atoms with E-state index in [1.165, 1.54) is 11.1 Å². The summed E-state index contributed by atoms with van der Waals surface area (Å²) in [6, 6.07) is 18.4. The normalized spacial score (nSPS) is 10.7. The van der Waals surface area contributed by atoms with Crippen LogP contribution >= 0.6 is 0 Å². The minimum Gasteiger partial charge on any atom is -0.481 e. The first-order chi connectivity index (χ1) is 14.1. The molecule has 3 aromatic rings. The quantitative estimate of drug-likeness (QED) is 0.456. The zero-order chi connectivity index (χ0) is 20.5. The lowest BCUT2D eigenvalue weighted by Gasteiger charge is -2.23. The van der Waals surface area contributed by atoms with Crippen molar-refractivity contribution in [1.29, 1.82) is 0 Å². The number of aryl methyl sites for hydroxylation is 1. The molecule has 150 valence electrons. The molecule has 0 unspecified atom stereocenters. The minimum atomic E-state index is -0.725. The number of pyridine rings is 2. The van der Waals surface area contributed by atoms with Crippen LogP contribution in [0.1, 0.15) is 37.7 Å². The molecule has 0 fully saturated rings. The van der Waals surface area contributed by atoms with Gasteiger partial charge in [-0.1, -0.05) is 43.2 Å². The van der Waals surface area contributed by atoms with Crippen LogP contribution in [0.2, 0.25) is 0 Å². The summed E-state index contributed by atoms with van der Waals surface area (Å²) in [5.74, 6) is 1.01. The van der Waals surface area contributed by atoms with Crippen molar-refractivity contribution in [2.45, 2.75) is 39.0 Å². The van der Waals surface area contributed by atoms with Gasteiger partial charge in [-0.2, -0.15) is 0 Å². The van der Waals surface area contributed by atoms with E-state index in [1.807, 2.05) is 36.5 Å². The van der Waals surface area contributed by atoms with Crippen LogP contribution in [-0.2, 0) is 4.79 Å². The fourth-order valence-corrected chi connectivity index (χ4v) is 3.39. The number of benzene rings is 1. The van der Waals surface area contributed by atoms with E-state index in [9.17, 15) is 4.79 Å². The average Bonchev–Trinajstić information content (AvgIpc) is 2.74. The molecular weight excluding hydrogens is 362 g/mol. The summed E-state index contributed by atoms with van der Waals surface area (Å²) in [6.45, 7) is 2.90. The first-order valence-corrected chi connectivity index (χ1v) is 10.1. The Labute approximate surface area is 172 Å². The zero-order valence-corrected chi connectivity index (χ0v) is 16.8. The lowest BCUT2D eigenvalue weighted by Crippen LogP contribution is -2.20. The second-order valence-electron chi connectivity index (χ2n) is 7.12. The lowest BCUT2D eigenvalue weighted by atomic mass is 10.0. The summed E-state index contributed by atoms with van der Waals surface area (Å²) >= 11 is 0. The molecular formula is C24H27N3O2. The third-order valence-corrected chi connectivity index (χ3v) is 4.93. The Hall–Kier alpha value is -3.21. The van der Waals surface area contributed by atoms with Gasteiger partial charge in [0.05, 0.1) is 0 Å².